The van der Waals surface area contributed by atoms with Crippen molar-refractivity contribution in [3.8, 4) is 0 Å². The standard InChI is InChI=1S/C19H32/c1-13-7-10-18-17-9-8-14-5-3-4-6-15(14)16(17)11-12-19(13,18)2/h13-18H,3-12H2,1-2H3. The highest BCUT2D eigenvalue weighted by Crippen LogP contribution is 2.63. The van der Waals surface area contributed by atoms with E-state index in [1.54, 1.807) is 51.4 Å². The molecule has 7 atom stereocenters. The predicted octanol–water partition coefficient (Wildman–Crippen LogP) is 5.67. The summed E-state index contributed by atoms with van der Waals surface area (Å²) in [5.41, 5.74) is 0.725. The first-order valence-corrected chi connectivity index (χ1v) is 9.20. The molecular weight excluding hydrogens is 228 g/mol. The summed E-state index contributed by atoms with van der Waals surface area (Å²) in [4.78, 5) is 0. The lowest BCUT2D eigenvalue weighted by molar-refractivity contribution is -0.0599. The number of hydrogen-bond donors (Lipinski definition) is 0. The molecule has 4 aliphatic rings. The van der Waals surface area contributed by atoms with E-state index in [1.165, 1.54) is 12.8 Å². The number of fused-ring (bicyclic) bond motifs is 5. The summed E-state index contributed by atoms with van der Waals surface area (Å²) in [6.45, 7) is 5.20. The van der Waals surface area contributed by atoms with Gasteiger partial charge in [0.2, 0.25) is 0 Å². The molecule has 0 saturated heterocycles. The van der Waals surface area contributed by atoms with Gasteiger partial charge in [-0.3, -0.25) is 0 Å². The zero-order valence-electron chi connectivity index (χ0n) is 13.0. The molecule has 7 unspecified atom stereocenters. The van der Waals surface area contributed by atoms with Crippen LogP contribution in [0.1, 0.15) is 78.1 Å². The Balaban J connectivity index is 1.59. The SMILES string of the molecule is CC1CCC2C3CCC4CCCCC4C3CCC12C. The van der Waals surface area contributed by atoms with Crippen molar-refractivity contribution in [2.75, 3.05) is 0 Å². The third-order valence-electron chi connectivity index (χ3n) is 8.36. The smallest absolute Gasteiger partial charge is 0.0269 e. The van der Waals surface area contributed by atoms with Crippen molar-refractivity contribution in [3.63, 3.8) is 0 Å². The minimum Gasteiger partial charge on any atom is -0.0620 e. The fourth-order valence-electron chi connectivity index (χ4n) is 7.09. The van der Waals surface area contributed by atoms with E-state index in [-0.39, 0.29) is 0 Å². The van der Waals surface area contributed by atoms with Gasteiger partial charge in [0.1, 0.15) is 0 Å². The molecule has 4 aliphatic carbocycles. The van der Waals surface area contributed by atoms with Gasteiger partial charge in [0.15, 0.2) is 0 Å². The van der Waals surface area contributed by atoms with Crippen molar-refractivity contribution in [1.82, 2.24) is 0 Å². The first kappa shape index (κ1) is 12.7. The van der Waals surface area contributed by atoms with E-state index in [9.17, 15) is 0 Å². The lowest BCUT2D eigenvalue weighted by atomic mass is 9.50. The zero-order chi connectivity index (χ0) is 13.0. The number of hydrogen-bond acceptors (Lipinski definition) is 0. The van der Waals surface area contributed by atoms with Crippen molar-refractivity contribution in [2.45, 2.75) is 78.1 Å². The summed E-state index contributed by atoms with van der Waals surface area (Å²) >= 11 is 0. The first-order chi connectivity index (χ1) is 9.20. The highest BCUT2D eigenvalue weighted by molar-refractivity contribution is 5.04. The van der Waals surface area contributed by atoms with E-state index in [4.69, 9.17) is 0 Å². The monoisotopic (exact) mass is 260 g/mol. The van der Waals surface area contributed by atoms with Crippen LogP contribution in [0.2, 0.25) is 0 Å². The normalized spacial score (nSPS) is 57.2. The molecule has 0 heterocycles. The highest BCUT2D eigenvalue weighted by atomic mass is 14.6. The fourth-order valence-corrected chi connectivity index (χ4v) is 7.09. The predicted molar refractivity (Wildman–Crippen MR) is 80.9 cm³/mol. The van der Waals surface area contributed by atoms with E-state index < -0.39 is 0 Å². The third kappa shape index (κ3) is 1.77. The van der Waals surface area contributed by atoms with E-state index in [1.807, 2.05) is 0 Å². The van der Waals surface area contributed by atoms with Crippen molar-refractivity contribution in [2.24, 2.45) is 40.9 Å². The van der Waals surface area contributed by atoms with Gasteiger partial charge in [0.05, 0.1) is 0 Å². The Morgan fingerprint density at radius 1 is 0.737 bits per heavy atom. The van der Waals surface area contributed by atoms with Gasteiger partial charge < -0.3 is 0 Å². The molecule has 0 nitrogen and oxygen atoms in total. The van der Waals surface area contributed by atoms with Crippen molar-refractivity contribution in [3.05, 3.63) is 0 Å². The van der Waals surface area contributed by atoms with Gasteiger partial charge >= 0.3 is 0 Å². The van der Waals surface area contributed by atoms with Gasteiger partial charge in [0, 0.05) is 0 Å². The summed E-state index contributed by atoms with van der Waals surface area (Å²) in [6, 6.07) is 0. The van der Waals surface area contributed by atoms with Gasteiger partial charge in [-0.05, 0) is 85.9 Å². The second-order valence-corrected chi connectivity index (χ2v) is 8.74. The van der Waals surface area contributed by atoms with Gasteiger partial charge in [-0.1, -0.05) is 33.1 Å². The van der Waals surface area contributed by atoms with E-state index in [0.29, 0.717) is 0 Å². The second kappa shape index (κ2) is 4.50. The van der Waals surface area contributed by atoms with Crippen molar-refractivity contribution in [1.29, 1.82) is 0 Å². The molecule has 4 fully saturated rings. The summed E-state index contributed by atoms with van der Waals surface area (Å²) < 4.78 is 0. The van der Waals surface area contributed by atoms with E-state index >= 15 is 0 Å². The van der Waals surface area contributed by atoms with Crippen LogP contribution in [0.25, 0.3) is 0 Å². The maximum absolute atomic E-state index is 2.65. The Labute approximate surface area is 119 Å². The summed E-state index contributed by atoms with van der Waals surface area (Å²) in [6.07, 6.45) is 15.7. The van der Waals surface area contributed by atoms with Crippen LogP contribution in [-0.4, -0.2) is 0 Å². The molecule has 0 bridgehead atoms. The van der Waals surface area contributed by atoms with E-state index in [2.05, 4.69) is 13.8 Å². The number of rotatable bonds is 0. The van der Waals surface area contributed by atoms with Gasteiger partial charge in [-0.15, -0.1) is 0 Å². The van der Waals surface area contributed by atoms with Crippen LogP contribution < -0.4 is 0 Å². The van der Waals surface area contributed by atoms with Crippen LogP contribution in [-0.2, 0) is 0 Å². The van der Waals surface area contributed by atoms with Crippen LogP contribution in [0.5, 0.6) is 0 Å². The Kier molecular flexibility index (Phi) is 3.01. The maximum Gasteiger partial charge on any atom is -0.0269 e. The first-order valence-electron chi connectivity index (χ1n) is 9.20. The molecule has 0 heteroatoms. The quantitative estimate of drug-likeness (QED) is 0.527. The Bertz CT molecular complexity index is 346. The molecule has 0 aliphatic heterocycles. The third-order valence-corrected chi connectivity index (χ3v) is 8.36. The molecule has 19 heavy (non-hydrogen) atoms. The lowest BCUT2D eigenvalue weighted by Gasteiger charge is -2.55. The molecule has 4 saturated carbocycles. The maximum atomic E-state index is 2.65. The second-order valence-electron chi connectivity index (χ2n) is 8.74. The topological polar surface area (TPSA) is 0 Å². The molecular formula is C19H32. The van der Waals surface area contributed by atoms with E-state index in [0.717, 1.165) is 40.9 Å². The minimum atomic E-state index is 0.725. The average molecular weight is 260 g/mol. The molecule has 0 amide bonds. The van der Waals surface area contributed by atoms with Crippen LogP contribution >= 0.6 is 0 Å². The zero-order valence-corrected chi connectivity index (χ0v) is 13.0. The van der Waals surface area contributed by atoms with Gasteiger partial charge in [0.25, 0.3) is 0 Å². The molecule has 0 aromatic rings. The van der Waals surface area contributed by atoms with Crippen LogP contribution in [0.3, 0.4) is 0 Å². The van der Waals surface area contributed by atoms with Crippen LogP contribution in [0, 0.1) is 40.9 Å². The minimum absolute atomic E-state index is 0.725. The fraction of sp³-hybridized carbons (Fsp3) is 1.00. The Morgan fingerprint density at radius 3 is 2.47 bits per heavy atom. The molecule has 0 aromatic heterocycles. The molecule has 0 N–H and O–H groups in total. The average Bonchev–Trinajstić information content (AvgIpc) is 2.75. The molecule has 0 aromatic carbocycles. The van der Waals surface area contributed by atoms with Gasteiger partial charge in [-0.25, -0.2) is 0 Å². The van der Waals surface area contributed by atoms with Crippen LogP contribution in [0.15, 0.2) is 0 Å². The lowest BCUT2D eigenvalue weighted by Crippen LogP contribution is -2.47. The van der Waals surface area contributed by atoms with Crippen molar-refractivity contribution < 1.29 is 0 Å². The summed E-state index contributed by atoms with van der Waals surface area (Å²) in [5.74, 6) is 6.66. The van der Waals surface area contributed by atoms with Crippen LogP contribution in [0.4, 0.5) is 0 Å². The molecule has 0 spiro atoms. The largest absolute Gasteiger partial charge is 0.0620 e. The molecule has 108 valence electrons. The highest BCUT2D eigenvalue weighted by Gasteiger charge is 2.55. The molecule has 0 radical (unpaired) electrons. The molecule has 4 rings (SSSR count). The summed E-state index contributed by atoms with van der Waals surface area (Å²) in [5, 5.41) is 0. The van der Waals surface area contributed by atoms with Gasteiger partial charge in [-0.2, -0.15) is 0 Å². The Hall–Kier alpha value is 0. The summed E-state index contributed by atoms with van der Waals surface area (Å²) in [7, 11) is 0. The van der Waals surface area contributed by atoms with Crippen molar-refractivity contribution >= 4 is 0 Å². The Morgan fingerprint density at radius 2 is 1.58 bits per heavy atom.